The van der Waals surface area contributed by atoms with E-state index in [0.29, 0.717) is 44.4 Å². The molecule has 26 heteroatoms. The maximum Gasteiger partial charge on any atom is 0.472 e. The van der Waals surface area contributed by atoms with Crippen LogP contribution in [-0.4, -0.2) is 205 Å². The van der Waals surface area contributed by atoms with Crippen molar-refractivity contribution in [1.82, 2.24) is 0 Å². The number of unbranched alkanes of at least 4 members (excludes halogenated alkanes) is 49. The Kier molecular flexibility index (Phi) is 67.0. The van der Waals surface area contributed by atoms with E-state index in [1.165, 1.54) is 186 Å². The number of phosphoric acid groups is 1. The number of aliphatic hydroxyl groups is 9. The van der Waals surface area contributed by atoms with Crippen molar-refractivity contribution in [3.63, 3.8) is 0 Å². The van der Waals surface area contributed by atoms with E-state index >= 15 is 0 Å². The van der Waals surface area contributed by atoms with Crippen LogP contribution in [0.25, 0.3) is 0 Å². The van der Waals surface area contributed by atoms with Gasteiger partial charge in [0.2, 0.25) is 0 Å². The molecule has 1 aliphatic carbocycles. The van der Waals surface area contributed by atoms with Gasteiger partial charge < -0.3 is 88.7 Å². The van der Waals surface area contributed by atoms with Crippen molar-refractivity contribution in [2.24, 2.45) is 5.92 Å². The number of hydrogen-bond acceptors (Lipinski definition) is 24. The minimum absolute atomic E-state index is 0.0161. The Morgan fingerprint density at radius 3 is 1.08 bits per heavy atom. The van der Waals surface area contributed by atoms with Crippen molar-refractivity contribution in [3.8, 4) is 0 Å². The summed E-state index contributed by atoms with van der Waals surface area (Å²) in [7, 11) is -5.81. The van der Waals surface area contributed by atoms with Crippen molar-refractivity contribution in [1.29, 1.82) is 0 Å². The molecule has 0 aromatic rings. The molecule has 3 fully saturated rings. The quantitative estimate of drug-likeness (QED) is 0.00889. The van der Waals surface area contributed by atoms with Crippen LogP contribution in [0, 0.1) is 5.92 Å². The van der Waals surface area contributed by atoms with Crippen LogP contribution >= 0.6 is 7.82 Å². The molecule has 2 saturated heterocycles. The van der Waals surface area contributed by atoms with Gasteiger partial charge in [-0.3, -0.25) is 28.2 Å². The average Bonchev–Trinajstić information content (AvgIpc) is 0.753. The molecule has 2 aliphatic heterocycles. The molecule has 1 saturated carbocycles. The van der Waals surface area contributed by atoms with Crippen LogP contribution < -0.4 is 0 Å². The number of esters is 4. The number of hydrogen-bond donors (Lipinski definition) is 10. The van der Waals surface area contributed by atoms with Gasteiger partial charge in [0.15, 0.2) is 24.8 Å². The van der Waals surface area contributed by atoms with Gasteiger partial charge in [0.25, 0.3) is 0 Å². The second-order valence-electron chi connectivity index (χ2n) is 35.2. The Morgan fingerprint density at radius 2 is 0.675 bits per heavy atom. The smallest absolute Gasteiger partial charge is 0.463 e. The fourth-order valence-corrected chi connectivity index (χ4v) is 17.3. The molecule has 25 nitrogen and oxygen atoms in total. The van der Waals surface area contributed by atoms with Gasteiger partial charge in [-0.15, -0.1) is 0 Å². The maximum atomic E-state index is 14.9. The lowest BCUT2D eigenvalue weighted by molar-refractivity contribution is -0.360. The van der Waals surface area contributed by atoms with E-state index in [0.717, 1.165) is 141 Å². The fraction of sp³-hybridized carbons (Fsp3) is 0.936. The van der Waals surface area contributed by atoms with Gasteiger partial charge in [0.05, 0.1) is 13.2 Å². The normalized spacial score (nSPS) is 25.0. The molecule has 0 bridgehead atoms. The summed E-state index contributed by atoms with van der Waals surface area (Å²) in [5, 5.41) is 102. The lowest BCUT2D eigenvalue weighted by Crippen LogP contribution is -2.70. The van der Waals surface area contributed by atoms with Crippen LogP contribution in [0.1, 0.15) is 426 Å². The third kappa shape index (κ3) is 51.9. The zero-order valence-electron chi connectivity index (χ0n) is 75.6. The number of carbonyl (C=O) groups excluding carboxylic acids is 4. The molecule has 19 atom stereocenters. The molecule has 19 unspecified atom stereocenters. The van der Waals surface area contributed by atoms with Gasteiger partial charge in [0.1, 0.15) is 92.6 Å². The van der Waals surface area contributed by atoms with Gasteiger partial charge >= 0.3 is 31.7 Å². The summed E-state index contributed by atoms with van der Waals surface area (Å²) in [6, 6.07) is 0. The van der Waals surface area contributed by atoms with E-state index in [4.69, 9.17) is 46.9 Å². The van der Waals surface area contributed by atoms with E-state index in [-0.39, 0.29) is 25.7 Å². The van der Waals surface area contributed by atoms with Crippen LogP contribution in [0.15, 0.2) is 12.2 Å². The SMILES string of the molecule is CCCCCC/C=C\CCCCCCCCCC(=O)OC(COC(=O)CCCCCCCCCCCCCCCCC)COP(=O)(O)OC1C(OC2OC(CO)C(O)C(O)C2O)C(O)C(O)C(OC(=O)CCCCCCCCCCCCCCCCC)C1OC1OC(COC(=O)CCCCCCCCC(C)CCCCCCCC)C(O)C(O)C1O. The van der Waals surface area contributed by atoms with E-state index in [2.05, 4.69) is 46.8 Å². The lowest BCUT2D eigenvalue weighted by Gasteiger charge is -2.50. The largest absolute Gasteiger partial charge is 0.472 e. The zero-order valence-corrected chi connectivity index (χ0v) is 76.4. The summed E-state index contributed by atoms with van der Waals surface area (Å²) in [4.78, 5) is 66.6. The molecule has 0 amide bonds. The molecule has 120 heavy (non-hydrogen) atoms. The second kappa shape index (κ2) is 72.2. The van der Waals surface area contributed by atoms with Crippen LogP contribution in [0.4, 0.5) is 0 Å². The third-order valence-electron chi connectivity index (χ3n) is 24.2. The minimum Gasteiger partial charge on any atom is -0.463 e. The Labute approximate surface area is 724 Å². The van der Waals surface area contributed by atoms with E-state index < -0.39 is 162 Å². The first-order chi connectivity index (χ1) is 58.1. The van der Waals surface area contributed by atoms with E-state index in [1.807, 2.05) is 0 Å². The summed E-state index contributed by atoms with van der Waals surface area (Å²) in [5.41, 5.74) is 0. The highest BCUT2D eigenvalue weighted by molar-refractivity contribution is 7.47. The van der Waals surface area contributed by atoms with Crippen molar-refractivity contribution in [2.75, 3.05) is 26.4 Å². The van der Waals surface area contributed by atoms with Crippen LogP contribution in [0.3, 0.4) is 0 Å². The first-order valence-electron chi connectivity index (χ1n) is 48.8. The fourth-order valence-electron chi connectivity index (χ4n) is 16.3. The van der Waals surface area contributed by atoms with Crippen LogP contribution in [0.2, 0.25) is 0 Å². The molecule has 0 spiro atoms. The molecule has 0 radical (unpaired) electrons. The van der Waals surface area contributed by atoms with Gasteiger partial charge in [-0.05, 0) is 57.3 Å². The monoisotopic (exact) mass is 1740 g/mol. The lowest BCUT2D eigenvalue weighted by atomic mass is 9.84. The standard InChI is InChI=1S/C94H175O25P/c1-6-10-14-18-22-25-28-31-34-37-40-43-46-53-59-65-77(96)110-70-74(113-79(98)67-61-55-47-44-41-38-35-32-29-26-23-19-15-11-7-2)71-112-120(108,109)119-92-90(117-93-87(106)83(102)81(100)75(69-95)114-93)86(105)85(104)89(116-80(99)68-62-56-48-45-42-39-36-33-30-27-24-20-16-12-8-3)91(92)118-94-88(107)84(103)82(101)76(115-94)72-111-78(97)66-60-54-50-49-52-58-64-73(5)63-57-51-21-17-13-9-4/h26,29,73-76,81-95,100-107H,6-25,27-28,30-72H2,1-5H3,(H,108,109)/b29-26-. The predicted molar refractivity (Wildman–Crippen MR) is 467 cm³/mol. The summed E-state index contributed by atoms with van der Waals surface area (Å²) < 4.78 is 73.6. The third-order valence-corrected chi connectivity index (χ3v) is 25.2. The first kappa shape index (κ1) is 111. The number of phosphoric ester groups is 1. The number of aliphatic hydroxyl groups excluding tert-OH is 9. The zero-order chi connectivity index (χ0) is 87.6. The van der Waals surface area contributed by atoms with Gasteiger partial charge in [-0.1, -0.05) is 361 Å². The summed E-state index contributed by atoms with van der Waals surface area (Å²) in [6.07, 6.45) is 30.4. The predicted octanol–water partition coefficient (Wildman–Crippen LogP) is 18.6. The Balaban J connectivity index is 1.91. The highest BCUT2D eigenvalue weighted by Gasteiger charge is 2.60. The Morgan fingerprint density at radius 1 is 0.350 bits per heavy atom. The van der Waals surface area contributed by atoms with Crippen molar-refractivity contribution < 1.29 is 122 Å². The first-order valence-corrected chi connectivity index (χ1v) is 50.3. The second-order valence-corrected chi connectivity index (χ2v) is 36.6. The Hall–Kier alpha value is -2.79. The maximum absolute atomic E-state index is 14.9. The van der Waals surface area contributed by atoms with Crippen molar-refractivity contribution >= 4 is 31.7 Å². The summed E-state index contributed by atoms with van der Waals surface area (Å²) >= 11 is 0. The Bertz CT molecular complexity index is 2550. The molecule has 10 N–H and O–H groups in total. The highest BCUT2D eigenvalue weighted by atomic mass is 31.2. The van der Waals surface area contributed by atoms with Crippen LogP contribution in [0.5, 0.6) is 0 Å². The van der Waals surface area contributed by atoms with Crippen molar-refractivity contribution in [3.05, 3.63) is 12.2 Å². The van der Waals surface area contributed by atoms with Gasteiger partial charge in [-0.25, -0.2) is 4.57 Å². The molecular weight excluding hydrogens is 1560 g/mol. The number of carbonyl (C=O) groups is 4. The number of rotatable bonds is 79. The summed E-state index contributed by atoms with van der Waals surface area (Å²) in [6.45, 7) is 7.95. The molecular formula is C94H175O25P. The molecule has 3 aliphatic rings. The van der Waals surface area contributed by atoms with Gasteiger partial charge in [-0.2, -0.15) is 0 Å². The van der Waals surface area contributed by atoms with E-state index in [9.17, 15) is 74.6 Å². The number of allylic oxidation sites excluding steroid dienone is 2. The van der Waals surface area contributed by atoms with Crippen LogP contribution in [-0.2, 0) is 70.7 Å². The highest BCUT2D eigenvalue weighted by Crippen LogP contribution is 2.49. The van der Waals surface area contributed by atoms with Crippen molar-refractivity contribution in [2.45, 2.75) is 530 Å². The molecule has 706 valence electrons. The molecule has 0 aromatic carbocycles. The van der Waals surface area contributed by atoms with E-state index in [1.54, 1.807) is 0 Å². The number of ether oxygens (including phenoxy) is 8. The topological polar surface area (TPSA) is 380 Å². The molecule has 2 heterocycles. The summed E-state index contributed by atoms with van der Waals surface area (Å²) in [5.74, 6) is -2.27. The molecule has 3 rings (SSSR count). The van der Waals surface area contributed by atoms with Gasteiger partial charge in [0, 0.05) is 25.7 Å². The molecule has 0 aromatic heterocycles. The average molecular weight is 1740 g/mol. The minimum atomic E-state index is -5.81.